The second kappa shape index (κ2) is 37.1. The molecule has 0 aliphatic carbocycles. The van der Waals surface area contributed by atoms with Gasteiger partial charge in [0.1, 0.15) is 6.61 Å². The minimum atomic E-state index is -0.802. The third-order valence-electron chi connectivity index (χ3n) is 7.78. The molecule has 0 aromatic carbocycles. The van der Waals surface area contributed by atoms with Crippen LogP contribution in [0.4, 0.5) is 0 Å². The highest BCUT2D eigenvalue weighted by atomic mass is 16.6. The molecule has 0 aliphatic rings. The highest BCUT2D eigenvalue weighted by Crippen LogP contribution is 2.12. The van der Waals surface area contributed by atoms with E-state index in [0.29, 0.717) is 12.8 Å². The summed E-state index contributed by atoms with van der Waals surface area (Å²) in [5.74, 6) is -0.666. The molecule has 0 saturated heterocycles. The van der Waals surface area contributed by atoms with Crippen molar-refractivity contribution in [3.05, 3.63) is 60.8 Å². The van der Waals surface area contributed by atoms with Crippen LogP contribution in [0.25, 0.3) is 0 Å². The van der Waals surface area contributed by atoms with Gasteiger partial charge >= 0.3 is 11.9 Å². The van der Waals surface area contributed by atoms with Crippen LogP contribution in [0.2, 0.25) is 0 Å². The van der Waals surface area contributed by atoms with E-state index in [4.69, 9.17) is 9.47 Å². The maximum atomic E-state index is 12.1. The summed E-state index contributed by atoms with van der Waals surface area (Å²) in [5.41, 5.74) is 0. The number of carbonyl (C=O) groups is 2. The van der Waals surface area contributed by atoms with E-state index < -0.39 is 6.10 Å². The molecule has 0 aromatic rings. The summed E-state index contributed by atoms with van der Waals surface area (Å²) < 4.78 is 10.5. The normalized spacial score (nSPS) is 12.8. The predicted molar refractivity (Wildman–Crippen MR) is 196 cm³/mol. The van der Waals surface area contributed by atoms with Crippen LogP contribution in [0.5, 0.6) is 0 Å². The number of hydrogen-bond donors (Lipinski definition) is 1. The molecule has 0 rings (SSSR count). The van der Waals surface area contributed by atoms with Crippen LogP contribution in [-0.2, 0) is 19.1 Å². The van der Waals surface area contributed by atoms with E-state index in [0.717, 1.165) is 44.9 Å². The van der Waals surface area contributed by atoms with Crippen LogP contribution in [0.1, 0.15) is 168 Å². The predicted octanol–water partition coefficient (Wildman–Crippen LogP) is 11.6. The number of aliphatic hydroxyl groups excluding tert-OH is 1. The Kier molecular flexibility index (Phi) is 35.1. The van der Waals surface area contributed by atoms with Crippen molar-refractivity contribution in [3.8, 4) is 0 Å². The summed E-state index contributed by atoms with van der Waals surface area (Å²) in [4.78, 5) is 24.2. The molecule has 1 unspecified atom stereocenters. The first-order valence-corrected chi connectivity index (χ1v) is 18.8. The zero-order valence-corrected chi connectivity index (χ0v) is 29.8. The third kappa shape index (κ3) is 34.5. The largest absolute Gasteiger partial charge is 0.462 e. The van der Waals surface area contributed by atoms with Crippen LogP contribution in [0.3, 0.4) is 0 Å². The lowest BCUT2D eigenvalue weighted by molar-refractivity contribution is -0.161. The van der Waals surface area contributed by atoms with E-state index in [1.54, 1.807) is 0 Å². The van der Waals surface area contributed by atoms with Crippen molar-refractivity contribution in [1.82, 2.24) is 0 Å². The number of carbonyl (C=O) groups excluding carboxylic acids is 2. The lowest BCUT2D eigenvalue weighted by atomic mass is 10.1. The molecule has 0 fully saturated rings. The van der Waals surface area contributed by atoms with E-state index >= 15 is 0 Å². The average molecular weight is 643 g/mol. The van der Waals surface area contributed by atoms with Gasteiger partial charge in [-0.1, -0.05) is 139 Å². The molecule has 0 spiro atoms. The number of esters is 2. The molecule has 0 bridgehead atoms. The van der Waals surface area contributed by atoms with Gasteiger partial charge in [-0.2, -0.15) is 0 Å². The average Bonchev–Trinajstić information content (AvgIpc) is 3.06. The molecule has 5 nitrogen and oxygen atoms in total. The minimum Gasteiger partial charge on any atom is -0.462 e. The Labute approximate surface area is 283 Å². The highest BCUT2D eigenvalue weighted by Gasteiger charge is 2.15. The summed E-state index contributed by atoms with van der Waals surface area (Å²) in [6, 6.07) is 0. The van der Waals surface area contributed by atoms with Crippen LogP contribution in [-0.4, -0.2) is 36.4 Å². The summed E-state index contributed by atoms with van der Waals surface area (Å²) in [6.07, 6.45) is 47.0. The quantitative estimate of drug-likeness (QED) is 0.0438. The van der Waals surface area contributed by atoms with Gasteiger partial charge in [0.2, 0.25) is 0 Å². The van der Waals surface area contributed by atoms with E-state index in [2.05, 4.69) is 74.6 Å². The molecule has 1 N–H and O–H groups in total. The molecule has 264 valence electrons. The van der Waals surface area contributed by atoms with Gasteiger partial charge in [-0.05, 0) is 77.0 Å². The van der Waals surface area contributed by atoms with E-state index in [1.807, 2.05) is 0 Å². The number of hydrogen-bond acceptors (Lipinski definition) is 5. The van der Waals surface area contributed by atoms with E-state index in [1.165, 1.54) is 89.9 Å². The molecule has 0 aliphatic heterocycles. The van der Waals surface area contributed by atoms with Gasteiger partial charge in [-0.3, -0.25) is 9.59 Å². The second-order valence-electron chi connectivity index (χ2n) is 12.3. The Balaban J connectivity index is 3.69. The lowest BCUT2D eigenvalue weighted by Gasteiger charge is -2.15. The number of unbranched alkanes of at least 4 members (excludes halogenated alkanes) is 15. The molecule has 0 saturated carbocycles. The molecule has 0 amide bonds. The molecule has 0 radical (unpaired) electrons. The maximum absolute atomic E-state index is 12.1. The van der Waals surface area contributed by atoms with Gasteiger partial charge in [0.15, 0.2) is 6.10 Å². The summed E-state index contributed by atoms with van der Waals surface area (Å²) in [7, 11) is 0. The topological polar surface area (TPSA) is 72.8 Å². The second-order valence-corrected chi connectivity index (χ2v) is 12.3. The first-order valence-electron chi connectivity index (χ1n) is 18.8. The minimum absolute atomic E-state index is 0.0918. The number of allylic oxidation sites excluding steroid dienone is 10. The van der Waals surface area contributed by atoms with E-state index in [9.17, 15) is 14.7 Å². The summed E-state index contributed by atoms with van der Waals surface area (Å²) in [6.45, 7) is 4.03. The molecule has 0 heterocycles. The van der Waals surface area contributed by atoms with Crippen LogP contribution >= 0.6 is 0 Å². The molecule has 1 atom stereocenters. The van der Waals surface area contributed by atoms with Crippen molar-refractivity contribution in [2.24, 2.45) is 0 Å². The Morgan fingerprint density at radius 3 is 1.43 bits per heavy atom. The molecule has 5 heteroatoms. The SMILES string of the molecule is CCCCCC=CCC=CCC=CCC=CCCCC(=O)OC(CO)COC(=O)CCCCCCCCCC=CCCCCCC. The Morgan fingerprint density at radius 1 is 0.500 bits per heavy atom. The van der Waals surface area contributed by atoms with Gasteiger partial charge in [-0.25, -0.2) is 0 Å². The van der Waals surface area contributed by atoms with Crippen LogP contribution in [0.15, 0.2) is 60.8 Å². The fourth-order valence-electron chi connectivity index (χ4n) is 4.89. The van der Waals surface area contributed by atoms with Crippen molar-refractivity contribution in [3.63, 3.8) is 0 Å². The fourth-order valence-corrected chi connectivity index (χ4v) is 4.89. The highest BCUT2D eigenvalue weighted by molar-refractivity contribution is 5.70. The van der Waals surface area contributed by atoms with Crippen molar-refractivity contribution in [1.29, 1.82) is 0 Å². The first-order chi connectivity index (χ1) is 22.6. The Hall–Kier alpha value is -2.40. The maximum Gasteiger partial charge on any atom is 0.306 e. The third-order valence-corrected chi connectivity index (χ3v) is 7.78. The van der Waals surface area contributed by atoms with Crippen molar-refractivity contribution in [2.45, 2.75) is 174 Å². The number of aliphatic hydroxyl groups is 1. The van der Waals surface area contributed by atoms with Gasteiger partial charge in [0.25, 0.3) is 0 Å². The van der Waals surface area contributed by atoms with E-state index in [-0.39, 0.29) is 31.6 Å². The Bertz CT molecular complexity index is 823. The van der Waals surface area contributed by atoms with Crippen molar-refractivity contribution < 1.29 is 24.2 Å². The number of rotatable bonds is 33. The molecular weight excluding hydrogens is 572 g/mol. The van der Waals surface area contributed by atoms with Crippen molar-refractivity contribution in [2.75, 3.05) is 13.2 Å². The van der Waals surface area contributed by atoms with Gasteiger partial charge in [-0.15, -0.1) is 0 Å². The van der Waals surface area contributed by atoms with Crippen molar-refractivity contribution >= 4 is 11.9 Å². The standard InChI is InChI=1S/C41H70O5/c1-3-5-7-9-11-13-15-17-19-20-22-24-26-28-30-32-34-36-41(44)46-39(37-42)38-45-40(43)35-33-31-29-27-25-23-21-18-16-14-12-10-8-6-4-2/h11,13-14,16-17,19,22,24,28,30,39,42H,3-10,12,15,18,20-21,23,25-27,29,31-38H2,1-2H3. The monoisotopic (exact) mass is 643 g/mol. The van der Waals surface area contributed by atoms with Gasteiger partial charge in [0.05, 0.1) is 6.61 Å². The summed E-state index contributed by atoms with van der Waals surface area (Å²) in [5, 5.41) is 9.53. The zero-order chi connectivity index (χ0) is 33.6. The fraction of sp³-hybridized carbons (Fsp3) is 0.707. The summed E-state index contributed by atoms with van der Waals surface area (Å²) >= 11 is 0. The lowest BCUT2D eigenvalue weighted by Crippen LogP contribution is -2.28. The van der Waals surface area contributed by atoms with Crippen LogP contribution in [0, 0.1) is 0 Å². The van der Waals surface area contributed by atoms with Gasteiger partial charge < -0.3 is 14.6 Å². The molecule has 0 aromatic heterocycles. The number of ether oxygens (including phenoxy) is 2. The molecular formula is C41H70O5. The van der Waals surface area contributed by atoms with Gasteiger partial charge in [0, 0.05) is 12.8 Å². The first kappa shape index (κ1) is 43.6. The smallest absolute Gasteiger partial charge is 0.306 e. The molecule has 46 heavy (non-hydrogen) atoms. The Morgan fingerprint density at radius 2 is 0.891 bits per heavy atom. The zero-order valence-electron chi connectivity index (χ0n) is 29.8. The van der Waals surface area contributed by atoms with Crippen LogP contribution < -0.4 is 0 Å².